The zero-order valence-electron chi connectivity index (χ0n) is 11.3. The number of carboxylic acids is 1. The summed E-state index contributed by atoms with van der Waals surface area (Å²) >= 11 is 3.31. The first-order valence-electron chi connectivity index (χ1n) is 5.97. The van der Waals surface area contributed by atoms with Crippen LogP contribution in [0.3, 0.4) is 0 Å². The summed E-state index contributed by atoms with van der Waals surface area (Å²) in [6.45, 7) is 5.26. The molecule has 106 valence electrons. The molecule has 2 rings (SSSR count). The van der Waals surface area contributed by atoms with Crippen molar-refractivity contribution in [1.82, 2.24) is 4.57 Å². The fourth-order valence-electron chi connectivity index (χ4n) is 1.87. The second-order valence-electron chi connectivity index (χ2n) is 5.33. The van der Waals surface area contributed by atoms with E-state index in [0.717, 1.165) is 0 Å². The van der Waals surface area contributed by atoms with Crippen molar-refractivity contribution in [3.63, 3.8) is 0 Å². The lowest BCUT2D eigenvalue weighted by atomic mass is 10.2. The van der Waals surface area contributed by atoms with E-state index in [2.05, 4.69) is 15.9 Å². The maximum Gasteiger partial charge on any atom is 0.419 e. The SMILES string of the molecule is CC(C)(C)OC(=O)n1cc(C(=O)O)c2c(Br)cccc21. The topological polar surface area (TPSA) is 68.5 Å². The predicted octanol–water partition coefficient (Wildman–Crippen LogP) is 3.89. The van der Waals surface area contributed by atoms with Gasteiger partial charge in [-0.1, -0.05) is 22.0 Å². The van der Waals surface area contributed by atoms with E-state index in [9.17, 15) is 14.7 Å². The molecule has 0 saturated heterocycles. The van der Waals surface area contributed by atoms with Gasteiger partial charge >= 0.3 is 12.1 Å². The van der Waals surface area contributed by atoms with Crippen molar-refractivity contribution in [3.8, 4) is 0 Å². The Bertz CT molecular complexity index is 697. The maximum atomic E-state index is 12.2. The normalized spacial score (nSPS) is 11.6. The van der Waals surface area contributed by atoms with Gasteiger partial charge in [0.1, 0.15) is 5.60 Å². The first-order valence-corrected chi connectivity index (χ1v) is 6.76. The standard InChI is InChI=1S/C14H14BrNO4/c1-14(2,3)20-13(19)16-7-8(12(17)18)11-9(15)5-4-6-10(11)16/h4-7H,1-3H3,(H,17,18). The van der Waals surface area contributed by atoms with Crippen molar-refractivity contribution in [2.45, 2.75) is 26.4 Å². The second-order valence-corrected chi connectivity index (χ2v) is 6.19. The van der Waals surface area contributed by atoms with Crippen molar-refractivity contribution in [2.24, 2.45) is 0 Å². The third-order valence-corrected chi connectivity index (χ3v) is 3.26. The van der Waals surface area contributed by atoms with Crippen LogP contribution >= 0.6 is 15.9 Å². The lowest BCUT2D eigenvalue weighted by molar-refractivity contribution is 0.0544. The van der Waals surface area contributed by atoms with E-state index in [1.165, 1.54) is 10.8 Å². The Balaban J connectivity index is 2.64. The lowest BCUT2D eigenvalue weighted by Gasteiger charge is -2.19. The van der Waals surface area contributed by atoms with Gasteiger partial charge in [0.05, 0.1) is 11.1 Å². The molecule has 1 N–H and O–H groups in total. The predicted molar refractivity (Wildman–Crippen MR) is 78.2 cm³/mol. The number of fused-ring (bicyclic) bond motifs is 1. The lowest BCUT2D eigenvalue weighted by Crippen LogP contribution is -2.26. The van der Waals surface area contributed by atoms with Crippen LogP contribution in [-0.4, -0.2) is 27.3 Å². The number of halogens is 1. The second kappa shape index (κ2) is 4.94. The molecule has 20 heavy (non-hydrogen) atoms. The summed E-state index contributed by atoms with van der Waals surface area (Å²) in [6, 6.07) is 5.14. The molecular weight excluding hydrogens is 326 g/mol. The highest BCUT2D eigenvalue weighted by molar-refractivity contribution is 9.10. The van der Waals surface area contributed by atoms with Gasteiger partial charge in [0.2, 0.25) is 0 Å². The molecule has 0 amide bonds. The number of aromatic nitrogens is 1. The Morgan fingerprint density at radius 1 is 1.30 bits per heavy atom. The molecule has 6 heteroatoms. The minimum atomic E-state index is -1.09. The Hall–Kier alpha value is -1.82. The molecule has 0 radical (unpaired) electrons. The molecule has 0 aliphatic carbocycles. The van der Waals surface area contributed by atoms with Crippen LogP contribution in [0.4, 0.5) is 4.79 Å². The van der Waals surface area contributed by atoms with Gasteiger partial charge in [-0.2, -0.15) is 0 Å². The summed E-state index contributed by atoms with van der Waals surface area (Å²) < 4.78 is 7.12. The highest BCUT2D eigenvalue weighted by atomic mass is 79.9. The van der Waals surface area contributed by atoms with Crippen molar-refractivity contribution in [2.75, 3.05) is 0 Å². The van der Waals surface area contributed by atoms with E-state index in [1.807, 2.05) is 0 Å². The van der Waals surface area contributed by atoms with Crippen LogP contribution < -0.4 is 0 Å². The van der Waals surface area contributed by atoms with Gasteiger partial charge in [-0.15, -0.1) is 0 Å². The van der Waals surface area contributed by atoms with Gasteiger partial charge in [0.15, 0.2) is 0 Å². The zero-order valence-corrected chi connectivity index (χ0v) is 12.9. The number of hydrogen-bond acceptors (Lipinski definition) is 3. The average molecular weight is 340 g/mol. The van der Waals surface area contributed by atoms with Crippen LogP contribution in [0.2, 0.25) is 0 Å². The van der Waals surface area contributed by atoms with E-state index in [0.29, 0.717) is 15.4 Å². The molecule has 1 heterocycles. The number of aromatic carboxylic acids is 1. The van der Waals surface area contributed by atoms with Gasteiger partial charge < -0.3 is 9.84 Å². The zero-order chi connectivity index (χ0) is 15.1. The van der Waals surface area contributed by atoms with Gasteiger partial charge in [-0.05, 0) is 32.9 Å². The Morgan fingerprint density at radius 3 is 2.50 bits per heavy atom. The van der Waals surface area contributed by atoms with Crippen molar-refractivity contribution >= 4 is 38.9 Å². The van der Waals surface area contributed by atoms with Crippen LogP contribution in [0.1, 0.15) is 31.1 Å². The highest BCUT2D eigenvalue weighted by Gasteiger charge is 2.23. The van der Waals surface area contributed by atoms with E-state index in [1.54, 1.807) is 39.0 Å². The summed E-state index contributed by atoms with van der Waals surface area (Å²) in [5.74, 6) is -1.09. The molecule has 1 aromatic heterocycles. The molecule has 5 nitrogen and oxygen atoms in total. The third-order valence-electron chi connectivity index (χ3n) is 2.60. The van der Waals surface area contributed by atoms with E-state index in [-0.39, 0.29) is 5.56 Å². The molecule has 0 spiro atoms. The summed E-state index contributed by atoms with van der Waals surface area (Å²) in [4.78, 5) is 23.5. The molecule has 2 aromatic rings. The number of carbonyl (C=O) groups excluding carboxylic acids is 1. The molecule has 0 aliphatic heterocycles. The molecule has 0 atom stereocenters. The molecule has 0 bridgehead atoms. The van der Waals surface area contributed by atoms with Gasteiger partial charge in [-0.3, -0.25) is 4.57 Å². The summed E-state index contributed by atoms with van der Waals surface area (Å²) in [5.41, 5.74) is -0.104. The summed E-state index contributed by atoms with van der Waals surface area (Å²) in [6.07, 6.45) is 0.680. The number of ether oxygens (including phenoxy) is 1. The van der Waals surface area contributed by atoms with E-state index >= 15 is 0 Å². The van der Waals surface area contributed by atoms with Crippen molar-refractivity contribution in [1.29, 1.82) is 0 Å². The molecular formula is C14H14BrNO4. The van der Waals surface area contributed by atoms with Crippen LogP contribution in [0.5, 0.6) is 0 Å². The fraction of sp³-hybridized carbons (Fsp3) is 0.286. The molecule has 0 aliphatic rings. The number of carboxylic acid groups (broad SMARTS) is 1. The maximum absolute atomic E-state index is 12.2. The van der Waals surface area contributed by atoms with Crippen LogP contribution in [-0.2, 0) is 4.74 Å². The van der Waals surface area contributed by atoms with Crippen molar-refractivity contribution < 1.29 is 19.4 Å². The summed E-state index contributed by atoms with van der Waals surface area (Å²) in [7, 11) is 0. The third kappa shape index (κ3) is 2.70. The molecule has 0 fully saturated rings. The fourth-order valence-corrected chi connectivity index (χ4v) is 2.44. The Morgan fingerprint density at radius 2 is 1.95 bits per heavy atom. The largest absolute Gasteiger partial charge is 0.478 e. The van der Waals surface area contributed by atoms with Crippen LogP contribution in [0.15, 0.2) is 28.9 Å². The molecule has 0 saturated carbocycles. The number of carbonyl (C=O) groups is 2. The van der Waals surface area contributed by atoms with Gasteiger partial charge in [0, 0.05) is 16.1 Å². The quantitative estimate of drug-likeness (QED) is 0.855. The monoisotopic (exact) mass is 339 g/mol. The minimum Gasteiger partial charge on any atom is -0.478 e. The Labute approximate surface area is 124 Å². The van der Waals surface area contributed by atoms with E-state index < -0.39 is 17.7 Å². The summed E-state index contributed by atoms with van der Waals surface area (Å²) in [5, 5.41) is 9.73. The number of hydrogen-bond donors (Lipinski definition) is 1. The minimum absolute atomic E-state index is 0.0540. The number of rotatable bonds is 1. The van der Waals surface area contributed by atoms with E-state index in [4.69, 9.17) is 4.74 Å². The number of nitrogens with zero attached hydrogens (tertiary/aromatic N) is 1. The first kappa shape index (κ1) is 14.6. The van der Waals surface area contributed by atoms with Crippen LogP contribution in [0, 0.1) is 0 Å². The first-order chi connectivity index (χ1) is 9.20. The molecule has 1 aromatic carbocycles. The van der Waals surface area contributed by atoms with Gasteiger partial charge in [-0.25, -0.2) is 9.59 Å². The van der Waals surface area contributed by atoms with Crippen LogP contribution in [0.25, 0.3) is 10.9 Å². The smallest absolute Gasteiger partial charge is 0.419 e. The van der Waals surface area contributed by atoms with Crippen molar-refractivity contribution in [3.05, 3.63) is 34.4 Å². The Kier molecular flexibility index (Phi) is 3.60. The highest BCUT2D eigenvalue weighted by Crippen LogP contribution is 2.29. The molecule has 0 unspecified atom stereocenters. The number of benzene rings is 1. The average Bonchev–Trinajstić information content (AvgIpc) is 2.67. The van der Waals surface area contributed by atoms with Gasteiger partial charge in [0.25, 0.3) is 0 Å².